The van der Waals surface area contributed by atoms with Crippen LogP contribution in [0.2, 0.25) is 5.02 Å². The number of hydrogen-bond donors (Lipinski definition) is 0. The van der Waals surface area contributed by atoms with Crippen LogP contribution < -0.4 is 0 Å². The first kappa shape index (κ1) is 16.3. The zero-order valence-electron chi connectivity index (χ0n) is 13.2. The van der Waals surface area contributed by atoms with E-state index in [1.54, 1.807) is 27.9 Å². The van der Waals surface area contributed by atoms with Crippen molar-refractivity contribution in [1.82, 2.24) is 19.5 Å². The van der Waals surface area contributed by atoms with Gasteiger partial charge in [0.05, 0.1) is 4.47 Å². The van der Waals surface area contributed by atoms with E-state index in [1.807, 2.05) is 24.3 Å². The van der Waals surface area contributed by atoms with E-state index >= 15 is 0 Å². The highest BCUT2D eigenvalue weighted by Gasteiger charge is 2.22. The number of aromatic nitrogens is 3. The van der Waals surface area contributed by atoms with Gasteiger partial charge in [0.25, 0.3) is 5.91 Å². The molecule has 0 saturated carbocycles. The van der Waals surface area contributed by atoms with Crippen LogP contribution in [0.25, 0.3) is 11.2 Å². The van der Waals surface area contributed by atoms with Crippen molar-refractivity contribution in [2.24, 2.45) is 0 Å². The number of carbonyl (C=O) groups is 1. The lowest BCUT2D eigenvalue weighted by molar-refractivity contribution is 0.0766. The summed E-state index contributed by atoms with van der Waals surface area (Å²) in [6, 6.07) is 9.50. The Labute approximate surface area is 158 Å². The highest BCUT2D eigenvalue weighted by atomic mass is 79.9. The molecule has 25 heavy (non-hydrogen) atoms. The minimum atomic E-state index is -0.0870. The second-order valence-electron chi connectivity index (χ2n) is 5.81. The van der Waals surface area contributed by atoms with Crippen LogP contribution in [0, 0.1) is 0 Å². The molecule has 0 saturated heterocycles. The normalized spacial score (nSPS) is 14.6. The Morgan fingerprint density at radius 3 is 2.88 bits per heavy atom. The van der Waals surface area contributed by atoms with Crippen molar-refractivity contribution >= 4 is 44.7 Å². The molecule has 0 radical (unpaired) electrons. The van der Waals surface area contributed by atoms with E-state index in [0.29, 0.717) is 24.4 Å². The minimum absolute atomic E-state index is 0.0870. The van der Waals surface area contributed by atoms with E-state index in [4.69, 9.17) is 11.6 Å². The molecule has 7 heteroatoms. The predicted molar refractivity (Wildman–Crippen MR) is 101 cm³/mol. The van der Waals surface area contributed by atoms with E-state index in [2.05, 4.69) is 32.1 Å². The van der Waals surface area contributed by atoms with Gasteiger partial charge < -0.3 is 4.90 Å². The lowest BCUT2D eigenvalue weighted by Gasteiger charge is -2.26. The van der Waals surface area contributed by atoms with Gasteiger partial charge >= 0.3 is 0 Å². The van der Waals surface area contributed by atoms with Gasteiger partial charge in [-0.3, -0.25) is 4.79 Å². The summed E-state index contributed by atoms with van der Waals surface area (Å²) in [5.41, 5.74) is 3.27. The van der Waals surface area contributed by atoms with Crippen molar-refractivity contribution in [3.05, 3.63) is 69.6 Å². The summed E-state index contributed by atoms with van der Waals surface area (Å²) in [5, 5.41) is 5.07. The van der Waals surface area contributed by atoms with Gasteiger partial charge in [-0.05, 0) is 39.6 Å². The SMILES string of the molecule is O=C(c1cc2ncc(Br)cn2n1)N1CC=C(c2ccccc2Cl)CC1. The molecule has 0 atom stereocenters. The number of halogens is 2. The molecule has 0 fully saturated rings. The topological polar surface area (TPSA) is 50.5 Å². The van der Waals surface area contributed by atoms with Crippen molar-refractivity contribution in [2.45, 2.75) is 6.42 Å². The molecule has 5 nitrogen and oxygen atoms in total. The Morgan fingerprint density at radius 2 is 2.12 bits per heavy atom. The van der Waals surface area contributed by atoms with E-state index < -0.39 is 0 Å². The van der Waals surface area contributed by atoms with E-state index in [1.165, 1.54) is 5.57 Å². The van der Waals surface area contributed by atoms with Gasteiger partial charge in [0, 0.05) is 36.6 Å². The summed E-state index contributed by atoms with van der Waals surface area (Å²) in [4.78, 5) is 18.8. The zero-order valence-corrected chi connectivity index (χ0v) is 15.5. The van der Waals surface area contributed by atoms with Crippen LogP contribution in [-0.2, 0) is 0 Å². The molecular formula is C18H14BrClN4O. The number of fused-ring (bicyclic) bond motifs is 1. The number of carbonyl (C=O) groups excluding carboxylic acids is 1. The summed E-state index contributed by atoms with van der Waals surface area (Å²) >= 11 is 9.62. The molecule has 1 aromatic carbocycles. The fraction of sp³-hybridized carbons (Fsp3) is 0.167. The zero-order chi connectivity index (χ0) is 17.4. The lowest BCUT2D eigenvalue weighted by atomic mass is 9.99. The second kappa shape index (κ2) is 6.61. The average Bonchev–Trinajstić information content (AvgIpc) is 3.05. The highest BCUT2D eigenvalue weighted by Crippen LogP contribution is 2.28. The maximum Gasteiger partial charge on any atom is 0.274 e. The van der Waals surface area contributed by atoms with Crippen LogP contribution in [0.15, 0.2) is 53.3 Å². The molecule has 1 amide bonds. The van der Waals surface area contributed by atoms with Crippen LogP contribution in [0.1, 0.15) is 22.5 Å². The smallest absolute Gasteiger partial charge is 0.274 e. The number of rotatable bonds is 2. The summed E-state index contributed by atoms with van der Waals surface area (Å²) in [6.07, 6.45) is 6.30. The summed E-state index contributed by atoms with van der Waals surface area (Å²) in [7, 11) is 0. The van der Waals surface area contributed by atoms with Crippen LogP contribution in [0.5, 0.6) is 0 Å². The van der Waals surface area contributed by atoms with Crippen LogP contribution in [-0.4, -0.2) is 38.5 Å². The van der Waals surface area contributed by atoms with Gasteiger partial charge in [-0.1, -0.05) is 35.9 Å². The van der Waals surface area contributed by atoms with Gasteiger partial charge in [0.2, 0.25) is 0 Å². The Morgan fingerprint density at radius 1 is 1.28 bits per heavy atom. The fourth-order valence-corrected chi connectivity index (χ4v) is 3.49. The molecule has 4 rings (SSSR count). The summed E-state index contributed by atoms with van der Waals surface area (Å²) in [5.74, 6) is -0.0870. The molecule has 1 aliphatic rings. The monoisotopic (exact) mass is 416 g/mol. The molecule has 2 aromatic heterocycles. The van der Waals surface area contributed by atoms with Crippen molar-refractivity contribution in [3.8, 4) is 0 Å². The Kier molecular flexibility index (Phi) is 4.31. The predicted octanol–water partition coefficient (Wildman–Crippen LogP) is 4.07. The molecule has 0 unspecified atom stereocenters. The first-order chi connectivity index (χ1) is 12.1. The van der Waals surface area contributed by atoms with Gasteiger partial charge in [-0.15, -0.1) is 0 Å². The molecule has 0 N–H and O–H groups in total. The standard InChI is InChI=1S/C18H14BrClN4O/c19-13-10-21-17-9-16(22-24(17)11-13)18(25)23-7-5-12(6-8-23)14-3-1-2-4-15(14)20/h1-5,9-11H,6-8H2. The largest absolute Gasteiger partial charge is 0.333 e. The van der Waals surface area contributed by atoms with E-state index in [0.717, 1.165) is 21.5 Å². The number of amides is 1. The summed E-state index contributed by atoms with van der Waals surface area (Å²) < 4.78 is 2.42. The van der Waals surface area contributed by atoms with Crippen LogP contribution in [0.3, 0.4) is 0 Å². The average molecular weight is 418 g/mol. The Bertz CT molecular complexity index is 998. The Balaban J connectivity index is 1.55. The molecule has 3 heterocycles. The van der Waals surface area contributed by atoms with Crippen molar-refractivity contribution in [3.63, 3.8) is 0 Å². The van der Waals surface area contributed by atoms with Gasteiger partial charge in [-0.25, -0.2) is 9.50 Å². The minimum Gasteiger partial charge on any atom is -0.333 e. The summed E-state index contributed by atoms with van der Waals surface area (Å²) in [6.45, 7) is 1.19. The molecule has 0 aliphatic carbocycles. The van der Waals surface area contributed by atoms with Gasteiger partial charge in [0.1, 0.15) is 0 Å². The fourth-order valence-electron chi connectivity index (χ4n) is 2.94. The van der Waals surface area contributed by atoms with E-state index in [9.17, 15) is 4.79 Å². The molecule has 0 bridgehead atoms. The van der Waals surface area contributed by atoms with Crippen molar-refractivity contribution in [2.75, 3.05) is 13.1 Å². The highest BCUT2D eigenvalue weighted by molar-refractivity contribution is 9.10. The maximum absolute atomic E-state index is 12.7. The van der Waals surface area contributed by atoms with Gasteiger partial charge in [0.15, 0.2) is 11.3 Å². The number of nitrogens with zero attached hydrogens (tertiary/aromatic N) is 4. The quantitative estimate of drug-likeness (QED) is 0.631. The second-order valence-corrected chi connectivity index (χ2v) is 7.14. The van der Waals surface area contributed by atoms with Crippen molar-refractivity contribution in [1.29, 1.82) is 0 Å². The van der Waals surface area contributed by atoms with E-state index in [-0.39, 0.29) is 5.91 Å². The molecular weight excluding hydrogens is 404 g/mol. The van der Waals surface area contributed by atoms with Crippen LogP contribution >= 0.6 is 27.5 Å². The molecule has 3 aromatic rings. The van der Waals surface area contributed by atoms with Gasteiger partial charge in [-0.2, -0.15) is 5.10 Å². The first-order valence-electron chi connectivity index (χ1n) is 7.86. The number of benzene rings is 1. The molecule has 0 spiro atoms. The van der Waals surface area contributed by atoms with Crippen molar-refractivity contribution < 1.29 is 4.79 Å². The first-order valence-corrected chi connectivity index (χ1v) is 9.03. The molecule has 1 aliphatic heterocycles. The molecule has 126 valence electrons. The third-order valence-electron chi connectivity index (χ3n) is 4.22. The number of hydrogen-bond acceptors (Lipinski definition) is 3. The van der Waals surface area contributed by atoms with Crippen LogP contribution in [0.4, 0.5) is 0 Å². The third-order valence-corrected chi connectivity index (χ3v) is 4.96. The lowest BCUT2D eigenvalue weighted by Crippen LogP contribution is -2.35. The Hall–Kier alpha value is -2.18. The third kappa shape index (κ3) is 3.19. The maximum atomic E-state index is 12.7.